The van der Waals surface area contributed by atoms with Crippen molar-refractivity contribution in [2.45, 2.75) is 32.0 Å². The van der Waals surface area contributed by atoms with Gasteiger partial charge in [0, 0.05) is 45.0 Å². The zero-order valence-electron chi connectivity index (χ0n) is 14.7. The number of hydrogen-bond donors (Lipinski definition) is 1. The van der Waals surface area contributed by atoms with Crippen LogP contribution in [0, 0.1) is 5.82 Å². The molecule has 5 heteroatoms. The van der Waals surface area contributed by atoms with Crippen molar-refractivity contribution in [1.29, 1.82) is 0 Å². The van der Waals surface area contributed by atoms with E-state index in [2.05, 4.69) is 39.5 Å². The van der Waals surface area contributed by atoms with E-state index in [0.29, 0.717) is 0 Å². The van der Waals surface area contributed by atoms with Crippen LogP contribution in [-0.4, -0.2) is 42.2 Å². The fourth-order valence-corrected chi connectivity index (χ4v) is 3.17. The maximum absolute atomic E-state index is 13.3. The average Bonchev–Trinajstić information content (AvgIpc) is 2.85. The molecule has 0 spiro atoms. The van der Waals surface area contributed by atoms with Gasteiger partial charge in [-0.2, -0.15) is 0 Å². The highest BCUT2D eigenvalue weighted by Gasteiger charge is 2.19. The maximum atomic E-state index is 13.3. The Labute approximate surface area is 149 Å². The third-order valence-electron chi connectivity index (χ3n) is 4.56. The second kappa shape index (κ2) is 9.04. The van der Waals surface area contributed by atoms with Gasteiger partial charge >= 0.3 is 0 Å². The van der Waals surface area contributed by atoms with Crippen LogP contribution in [-0.2, 0) is 11.3 Å². The topological polar surface area (TPSA) is 37.4 Å². The summed E-state index contributed by atoms with van der Waals surface area (Å²) in [5.41, 5.74) is 2.19. The minimum absolute atomic E-state index is 0.0395. The van der Waals surface area contributed by atoms with Crippen LogP contribution < -0.4 is 5.32 Å². The monoisotopic (exact) mass is 343 g/mol. The second-order valence-electron chi connectivity index (χ2n) is 6.63. The molecule has 1 aromatic carbocycles. The van der Waals surface area contributed by atoms with Gasteiger partial charge in [0.05, 0.1) is 12.3 Å². The Hall–Kier alpha value is -1.82. The van der Waals surface area contributed by atoms with Crippen LogP contribution in [0.5, 0.6) is 0 Å². The van der Waals surface area contributed by atoms with Crippen LogP contribution in [0.4, 0.5) is 4.39 Å². The normalized spacial score (nSPS) is 20.2. The Morgan fingerprint density at radius 1 is 1.32 bits per heavy atom. The molecule has 25 heavy (non-hydrogen) atoms. The molecule has 3 rings (SSSR count). The first-order valence-corrected chi connectivity index (χ1v) is 8.92. The van der Waals surface area contributed by atoms with Crippen LogP contribution in [0.25, 0.3) is 0 Å². The molecule has 0 aliphatic carbocycles. The number of rotatable bonds is 6. The molecule has 1 saturated heterocycles. The lowest BCUT2D eigenvalue weighted by atomic mass is 10.1. The van der Waals surface area contributed by atoms with Crippen molar-refractivity contribution in [2.75, 3.05) is 26.2 Å². The molecule has 1 aliphatic heterocycles. The summed E-state index contributed by atoms with van der Waals surface area (Å²) in [6.45, 7) is 6.44. The molecule has 0 saturated carbocycles. The largest absolute Gasteiger partial charge is 0.376 e. The van der Waals surface area contributed by atoms with E-state index < -0.39 is 0 Å². The van der Waals surface area contributed by atoms with Crippen molar-refractivity contribution in [3.05, 3.63) is 65.7 Å². The summed E-state index contributed by atoms with van der Waals surface area (Å²) in [4.78, 5) is 6.37. The molecule has 134 valence electrons. The number of nitrogens with one attached hydrogen (secondary N) is 1. The highest BCUT2D eigenvalue weighted by Crippen LogP contribution is 2.14. The first-order valence-electron chi connectivity index (χ1n) is 8.92. The summed E-state index contributed by atoms with van der Waals surface area (Å²) >= 11 is 0. The standard InChI is InChI=1S/C20H26FN3O/c1-16(18-10-19(21)12-22-11-18)23-13-20-15-24(8-5-9-25-20)14-17-6-3-2-4-7-17/h2-4,6-7,10-12,16,20,23H,5,8-9,13-15H2,1H3. The molecular formula is C20H26FN3O. The number of hydrogen-bond acceptors (Lipinski definition) is 4. The van der Waals surface area contributed by atoms with Gasteiger partial charge in [-0.3, -0.25) is 9.88 Å². The summed E-state index contributed by atoms with van der Waals surface area (Å²) in [7, 11) is 0. The Bertz CT molecular complexity index is 652. The van der Waals surface area contributed by atoms with Gasteiger partial charge in [0.15, 0.2) is 0 Å². The molecular weight excluding hydrogens is 317 g/mol. The molecule has 0 amide bonds. The van der Waals surface area contributed by atoms with Gasteiger partial charge < -0.3 is 10.1 Å². The van der Waals surface area contributed by atoms with Crippen LogP contribution in [0.3, 0.4) is 0 Å². The molecule has 0 bridgehead atoms. The van der Waals surface area contributed by atoms with Crippen LogP contribution in [0.1, 0.15) is 30.5 Å². The molecule has 2 heterocycles. The number of pyridine rings is 1. The minimum Gasteiger partial charge on any atom is -0.376 e. The lowest BCUT2D eigenvalue weighted by Gasteiger charge is -2.25. The summed E-state index contributed by atoms with van der Waals surface area (Å²) in [6, 6.07) is 12.1. The van der Waals surface area contributed by atoms with E-state index in [1.807, 2.05) is 13.0 Å². The van der Waals surface area contributed by atoms with Gasteiger partial charge in [-0.1, -0.05) is 30.3 Å². The average molecular weight is 343 g/mol. The van der Waals surface area contributed by atoms with E-state index in [9.17, 15) is 4.39 Å². The van der Waals surface area contributed by atoms with Gasteiger partial charge in [-0.15, -0.1) is 0 Å². The SMILES string of the molecule is CC(NCC1CN(Cc2ccccc2)CCCO1)c1cncc(F)c1. The molecule has 0 radical (unpaired) electrons. The van der Waals surface area contributed by atoms with Crippen molar-refractivity contribution < 1.29 is 9.13 Å². The zero-order valence-corrected chi connectivity index (χ0v) is 14.7. The quantitative estimate of drug-likeness (QED) is 0.874. The number of nitrogens with zero attached hydrogens (tertiary/aromatic N) is 2. The zero-order chi connectivity index (χ0) is 17.5. The van der Waals surface area contributed by atoms with E-state index >= 15 is 0 Å². The van der Waals surface area contributed by atoms with E-state index in [1.54, 1.807) is 6.20 Å². The molecule has 2 unspecified atom stereocenters. The van der Waals surface area contributed by atoms with Crippen LogP contribution in [0.15, 0.2) is 48.8 Å². The van der Waals surface area contributed by atoms with E-state index in [1.165, 1.54) is 17.8 Å². The Balaban J connectivity index is 1.52. The molecule has 2 atom stereocenters. The highest BCUT2D eigenvalue weighted by molar-refractivity contribution is 5.15. The summed E-state index contributed by atoms with van der Waals surface area (Å²) in [5, 5.41) is 3.45. The Morgan fingerprint density at radius 3 is 2.96 bits per heavy atom. The molecule has 1 fully saturated rings. The lowest BCUT2D eigenvalue weighted by molar-refractivity contribution is 0.0518. The van der Waals surface area contributed by atoms with E-state index in [4.69, 9.17) is 4.74 Å². The minimum atomic E-state index is -0.300. The highest BCUT2D eigenvalue weighted by atomic mass is 19.1. The van der Waals surface area contributed by atoms with Crippen molar-refractivity contribution in [1.82, 2.24) is 15.2 Å². The van der Waals surface area contributed by atoms with Crippen molar-refractivity contribution >= 4 is 0 Å². The lowest BCUT2D eigenvalue weighted by Crippen LogP contribution is -2.38. The van der Waals surface area contributed by atoms with Gasteiger partial charge in [0.25, 0.3) is 0 Å². The summed E-state index contributed by atoms with van der Waals surface area (Å²) < 4.78 is 19.3. The van der Waals surface area contributed by atoms with Crippen LogP contribution in [0.2, 0.25) is 0 Å². The van der Waals surface area contributed by atoms with Crippen molar-refractivity contribution in [3.63, 3.8) is 0 Å². The van der Waals surface area contributed by atoms with Gasteiger partial charge in [0.1, 0.15) is 5.82 Å². The maximum Gasteiger partial charge on any atom is 0.141 e. The third kappa shape index (κ3) is 5.59. The smallest absolute Gasteiger partial charge is 0.141 e. The van der Waals surface area contributed by atoms with E-state index in [-0.39, 0.29) is 18.0 Å². The third-order valence-corrected chi connectivity index (χ3v) is 4.56. The molecule has 2 aromatic rings. The summed E-state index contributed by atoms with van der Waals surface area (Å²) in [5.74, 6) is -0.300. The van der Waals surface area contributed by atoms with Crippen molar-refractivity contribution in [2.24, 2.45) is 0 Å². The van der Waals surface area contributed by atoms with Crippen LogP contribution >= 0.6 is 0 Å². The van der Waals surface area contributed by atoms with Gasteiger partial charge in [-0.25, -0.2) is 4.39 Å². The predicted octanol–water partition coefficient (Wildman–Crippen LogP) is 3.16. The number of aromatic nitrogens is 1. The Morgan fingerprint density at radius 2 is 2.16 bits per heavy atom. The van der Waals surface area contributed by atoms with Gasteiger partial charge in [-0.05, 0) is 30.5 Å². The summed E-state index contributed by atoms with van der Waals surface area (Å²) in [6.07, 6.45) is 4.12. The second-order valence-corrected chi connectivity index (χ2v) is 6.63. The first-order chi connectivity index (χ1) is 12.2. The molecule has 1 N–H and O–H groups in total. The fourth-order valence-electron chi connectivity index (χ4n) is 3.17. The number of halogens is 1. The molecule has 1 aliphatic rings. The fraction of sp³-hybridized carbons (Fsp3) is 0.450. The molecule has 1 aromatic heterocycles. The van der Waals surface area contributed by atoms with E-state index in [0.717, 1.165) is 44.8 Å². The molecule has 4 nitrogen and oxygen atoms in total. The first kappa shape index (κ1) is 18.0. The number of ether oxygens (including phenoxy) is 1. The van der Waals surface area contributed by atoms with Crippen molar-refractivity contribution in [3.8, 4) is 0 Å². The number of benzene rings is 1. The predicted molar refractivity (Wildman–Crippen MR) is 96.7 cm³/mol. The van der Waals surface area contributed by atoms with Gasteiger partial charge in [0.2, 0.25) is 0 Å². The Kier molecular flexibility index (Phi) is 6.50.